The maximum Gasteiger partial charge on any atom is 0.315 e. The molecule has 5 amide bonds. The summed E-state index contributed by atoms with van der Waals surface area (Å²) in [6, 6.07) is -1.85. The van der Waals surface area contributed by atoms with Crippen molar-refractivity contribution in [3.63, 3.8) is 0 Å². The summed E-state index contributed by atoms with van der Waals surface area (Å²) in [6.07, 6.45) is 7.37. The Labute approximate surface area is 182 Å². The van der Waals surface area contributed by atoms with Crippen LogP contribution in [0.25, 0.3) is 0 Å². The van der Waals surface area contributed by atoms with Crippen molar-refractivity contribution < 1.29 is 24.0 Å². The van der Waals surface area contributed by atoms with Gasteiger partial charge < -0.3 is 26.2 Å². The third kappa shape index (κ3) is 6.80. The molecule has 31 heavy (non-hydrogen) atoms. The summed E-state index contributed by atoms with van der Waals surface area (Å²) in [5.41, 5.74) is 0. The van der Waals surface area contributed by atoms with Crippen molar-refractivity contribution in [2.75, 3.05) is 26.7 Å². The van der Waals surface area contributed by atoms with Crippen LogP contribution in [0.15, 0.2) is 12.7 Å². The molecule has 0 spiro atoms. The van der Waals surface area contributed by atoms with Gasteiger partial charge >= 0.3 is 6.03 Å². The van der Waals surface area contributed by atoms with Crippen molar-refractivity contribution in [1.29, 1.82) is 0 Å². The zero-order chi connectivity index (χ0) is 22.8. The minimum Gasteiger partial charge on any atom is -0.347 e. The van der Waals surface area contributed by atoms with Gasteiger partial charge in [0.05, 0.1) is 6.54 Å². The average molecular weight is 436 g/mol. The molecule has 172 valence electrons. The summed E-state index contributed by atoms with van der Waals surface area (Å²) in [6.45, 7) is 3.57. The van der Waals surface area contributed by atoms with Gasteiger partial charge in [-0.2, -0.15) is 0 Å². The molecule has 10 heteroatoms. The van der Waals surface area contributed by atoms with Gasteiger partial charge in [-0.05, 0) is 31.6 Å². The number of carbonyl (C=O) groups is 5. The molecule has 10 nitrogen and oxygen atoms in total. The van der Waals surface area contributed by atoms with E-state index in [0.717, 1.165) is 32.1 Å². The number of hydrogen-bond donors (Lipinski definition) is 4. The van der Waals surface area contributed by atoms with Gasteiger partial charge in [0.1, 0.15) is 12.1 Å². The molecular formula is C21H33N5O5. The number of nitrogens with one attached hydrogen (secondary N) is 4. The molecule has 1 heterocycles. The van der Waals surface area contributed by atoms with E-state index in [-0.39, 0.29) is 18.4 Å². The van der Waals surface area contributed by atoms with E-state index in [1.54, 1.807) is 0 Å². The number of likely N-dealkylation sites (tertiary alicyclic amines) is 1. The first-order valence-corrected chi connectivity index (χ1v) is 10.9. The summed E-state index contributed by atoms with van der Waals surface area (Å²) in [4.78, 5) is 63.0. The second kappa shape index (κ2) is 12.1. The molecule has 0 aromatic carbocycles. The molecule has 1 saturated carbocycles. The normalized spacial score (nSPS) is 19.8. The van der Waals surface area contributed by atoms with Crippen LogP contribution < -0.4 is 21.3 Å². The van der Waals surface area contributed by atoms with Crippen molar-refractivity contribution in [1.82, 2.24) is 26.2 Å². The lowest BCUT2D eigenvalue weighted by molar-refractivity contribution is -0.142. The highest BCUT2D eigenvalue weighted by atomic mass is 16.2. The fraction of sp³-hybridized carbons (Fsp3) is 0.667. The fourth-order valence-corrected chi connectivity index (χ4v) is 4.17. The largest absolute Gasteiger partial charge is 0.347 e. The molecule has 4 N–H and O–H groups in total. The van der Waals surface area contributed by atoms with Crippen LogP contribution in [0.2, 0.25) is 0 Å². The Kier molecular flexibility index (Phi) is 9.48. The molecule has 0 bridgehead atoms. The summed E-state index contributed by atoms with van der Waals surface area (Å²) in [7, 11) is 1.49. The van der Waals surface area contributed by atoms with Crippen LogP contribution in [0.1, 0.15) is 44.9 Å². The van der Waals surface area contributed by atoms with Crippen LogP contribution in [0.5, 0.6) is 0 Å². The first-order chi connectivity index (χ1) is 14.9. The fourth-order valence-electron chi connectivity index (χ4n) is 4.17. The molecule has 2 aliphatic rings. The number of carbonyl (C=O) groups excluding carboxylic acids is 5. The topological polar surface area (TPSA) is 137 Å². The lowest BCUT2D eigenvalue weighted by atomic mass is 9.83. The van der Waals surface area contributed by atoms with Gasteiger partial charge in [-0.25, -0.2) is 4.79 Å². The number of amides is 5. The maximum atomic E-state index is 13.3. The van der Waals surface area contributed by atoms with Gasteiger partial charge in [0.2, 0.25) is 17.6 Å². The number of Topliss-reactive ketones (excluding diaryl/α,β-unsaturated/α-hetero) is 1. The Bertz CT molecular complexity index is 704. The van der Waals surface area contributed by atoms with Gasteiger partial charge in [0.15, 0.2) is 0 Å². The quantitative estimate of drug-likeness (QED) is 0.295. The van der Waals surface area contributed by atoms with Crippen LogP contribution in [-0.2, 0) is 19.2 Å². The van der Waals surface area contributed by atoms with E-state index < -0.39 is 42.3 Å². The molecule has 1 aliphatic heterocycles. The molecule has 2 atom stereocenters. The Morgan fingerprint density at radius 1 is 1.03 bits per heavy atom. The van der Waals surface area contributed by atoms with Crippen molar-refractivity contribution >= 4 is 29.5 Å². The van der Waals surface area contributed by atoms with E-state index in [1.807, 2.05) is 0 Å². The minimum atomic E-state index is -0.799. The highest BCUT2D eigenvalue weighted by Crippen LogP contribution is 2.29. The molecule has 0 aromatic heterocycles. The molecule has 2 fully saturated rings. The molecule has 1 saturated heterocycles. The second-order valence-corrected chi connectivity index (χ2v) is 7.93. The van der Waals surface area contributed by atoms with E-state index >= 15 is 0 Å². The summed E-state index contributed by atoms with van der Waals surface area (Å²) < 4.78 is 0. The van der Waals surface area contributed by atoms with Gasteiger partial charge in [0, 0.05) is 20.1 Å². The second-order valence-electron chi connectivity index (χ2n) is 7.93. The van der Waals surface area contributed by atoms with Gasteiger partial charge in [-0.1, -0.05) is 25.3 Å². The zero-order valence-corrected chi connectivity index (χ0v) is 18.1. The first-order valence-electron chi connectivity index (χ1n) is 10.9. The van der Waals surface area contributed by atoms with Crippen molar-refractivity contribution in [2.24, 2.45) is 5.92 Å². The third-order valence-corrected chi connectivity index (χ3v) is 5.82. The SMILES string of the molecule is C=CCNC(=O)C(=O)CNC(=O)C1CCCN1C(=O)C(NC(=O)NC)C1CCCCC1. The summed E-state index contributed by atoms with van der Waals surface area (Å²) in [5, 5.41) is 10.1. The molecule has 0 radical (unpaired) electrons. The number of urea groups is 1. The number of nitrogens with zero attached hydrogens (tertiary/aromatic N) is 1. The number of ketones is 1. The van der Waals surface area contributed by atoms with Crippen LogP contribution in [0, 0.1) is 5.92 Å². The van der Waals surface area contributed by atoms with Gasteiger partial charge in [-0.3, -0.25) is 19.2 Å². The predicted molar refractivity (Wildman–Crippen MR) is 114 cm³/mol. The minimum absolute atomic E-state index is 0.0259. The molecule has 2 unspecified atom stereocenters. The number of hydrogen-bond acceptors (Lipinski definition) is 5. The lowest BCUT2D eigenvalue weighted by Crippen LogP contribution is -2.57. The Morgan fingerprint density at radius 2 is 1.74 bits per heavy atom. The van der Waals surface area contributed by atoms with Crippen molar-refractivity contribution in [3.8, 4) is 0 Å². The molecule has 1 aliphatic carbocycles. The first kappa shape index (κ1) is 24.4. The van der Waals surface area contributed by atoms with Gasteiger partial charge in [0.25, 0.3) is 5.91 Å². The lowest BCUT2D eigenvalue weighted by Gasteiger charge is -2.34. The molecular weight excluding hydrogens is 402 g/mol. The zero-order valence-electron chi connectivity index (χ0n) is 18.1. The monoisotopic (exact) mass is 435 g/mol. The van der Waals surface area contributed by atoms with E-state index in [1.165, 1.54) is 18.0 Å². The molecule has 0 aromatic rings. The highest BCUT2D eigenvalue weighted by Gasteiger charge is 2.40. The Morgan fingerprint density at radius 3 is 2.39 bits per heavy atom. The molecule has 2 rings (SSSR count). The van der Waals surface area contributed by atoms with E-state index in [9.17, 15) is 24.0 Å². The third-order valence-electron chi connectivity index (χ3n) is 5.82. The predicted octanol–water partition coefficient (Wildman–Crippen LogP) is -0.157. The Balaban J connectivity index is 2.01. The average Bonchev–Trinajstić information content (AvgIpc) is 3.29. The number of rotatable bonds is 9. The van der Waals surface area contributed by atoms with Crippen molar-refractivity contribution in [2.45, 2.75) is 57.0 Å². The van der Waals surface area contributed by atoms with Crippen molar-refractivity contribution in [3.05, 3.63) is 12.7 Å². The van der Waals surface area contributed by atoms with E-state index in [2.05, 4.69) is 27.8 Å². The summed E-state index contributed by atoms with van der Waals surface area (Å²) in [5.74, 6) is -2.29. The smallest absolute Gasteiger partial charge is 0.315 e. The standard InChI is InChI=1S/C21H33N5O5/c1-3-11-23-19(29)16(27)13-24-18(28)15-10-7-12-26(15)20(30)17(25-21(31)22-2)14-8-5-4-6-9-14/h3,14-15,17H,1,4-13H2,2H3,(H,23,29)(H,24,28)(H2,22,25,31). The summed E-state index contributed by atoms with van der Waals surface area (Å²) >= 11 is 0. The van der Waals surface area contributed by atoms with E-state index in [0.29, 0.717) is 19.4 Å². The van der Waals surface area contributed by atoms with Gasteiger partial charge in [-0.15, -0.1) is 6.58 Å². The highest BCUT2D eigenvalue weighted by molar-refractivity contribution is 6.37. The van der Waals surface area contributed by atoms with Crippen LogP contribution in [0.3, 0.4) is 0 Å². The Hall–Kier alpha value is -2.91. The van der Waals surface area contributed by atoms with E-state index in [4.69, 9.17) is 0 Å². The van der Waals surface area contributed by atoms with Crippen LogP contribution >= 0.6 is 0 Å². The van der Waals surface area contributed by atoms with Crippen LogP contribution in [-0.4, -0.2) is 73.2 Å². The maximum absolute atomic E-state index is 13.3. The van der Waals surface area contributed by atoms with Crippen LogP contribution in [0.4, 0.5) is 4.79 Å².